The average molecular weight is 260 g/mol. The van der Waals surface area contributed by atoms with E-state index in [1.54, 1.807) is 24.5 Å². The molecule has 1 aromatic heterocycles. The van der Waals surface area contributed by atoms with Crippen molar-refractivity contribution in [1.29, 1.82) is 0 Å². The Labute approximate surface area is 112 Å². The third kappa shape index (κ3) is 2.59. The highest BCUT2D eigenvalue weighted by Gasteiger charge is 2.17. The van der Waals surface area contributed by atoms with E-state index in [1.807, 2.05) is 32.0 Å². The molecule has 0 radical (unpaired) electrons. The Hall–Kier alpha value is -1.67. The minimum atomic E-state index is -0.173. The van der Waals surface area contributed by atoms with Crippen LogP contribution in [0, 0.1) is 6.92 Å². The van der Waals surface area contributed by atoms with Crippen molar-refractivity contribution in [2.45, 2.75) is 19.8 Å². The summed E-state index contributed by atoms with van der Waals surface area (Å²) >= 11 is 5.96. The van der Waals surface area contributed by atoms with Gasteiger partial charge in [-0.3, -0.25) is 9.78 Å². The van der Waals surface area contributed by atoms with E-state index in [2.05, 4.69) is 4.98 Å². The van der Waals surface area contributed by atoms with Gasteiger partial charge in [-0.1, -0.05) is 18.5 Å². The van der Waals surface area contributed by atoms with Gasteiger partial charge >= 0.3 is 0 Å². The molecule has 1 heterocycles. The molecule has 0 saturated carbocycles. The molecule has 18 heavy (non-hydrogen) atoms. The van der Waals surface area contributed by atoms with Crippen molar-refractivity contribution >= 4 is 17.4 Å². The van der Waals surface area contributed by atoms with Gasteiger partial charge in [-0.2, -0.15) is 0 Å². The average Bonchev–Trinajstić information content (AvgIpc) is 2.41. The van der Waals surface area contributed by atoms with Crippen LogP contribution in [0.4, 0.5) is 0 Å². The molecule has 0 fully saturated rings. The fourth-order valence-corrected chi connectivity index (χ4v) is 1.97. The van der Waals surface area contributed by atoms with Gasteiger partial charge in [0, 0.05) is 28.9 Å². The summed E-state index contributed by atoms with van der Waals surface area (Å²) in [5, 5.41) is 0.683. The number of benzene rings is 1. The van der Waals surface area contributed by atoms with E-state index in [0.29, 0.717) is 10.6 Å². The first-order valence-electron chi connectivity index (χ1n) is 5.80. The Morgan fingerprint density at radius 2 is 1.89 bits per heavy atom. The second-order valence-corrected chi connectivity index (χ2v) is 4.74. The Morgan fingerprint density at radius 3 is 2.50 bits per heavy atom. The molecule has 1 unspecified atom stereocenters. The second-order valence-electron chi connectivity index (χ2n) is 4.33. The molecular formula is C15H14ClNO. The lowest BCUT2D eigenvalue weighted by molar-refractivity contribution is 0.0966. The van der Waals surface area contributed by atoms with Crippen LogP contribution < -0.4 is 0 Å². The maximum Gasteiger partial charge on any atom is 0.170 e. The maximum absolute atomic E-state index is 12.3. The largest absolute Gasteiger partial charge is 0.294 e. The Bertz CT molecular complexity index is 566. The van der Waals surface area contributed by atoms with Crippen LogP contribution in [0.5, 0.6) is 0 Å². The van der Waals surface area contributed by atoms with Crippen molar-refractivity contribution in [3.8, 4) is 0 Å². The number of rotatable bonds is 3. The van der Waals surface area contributed by atoms with E-state index < -0.39 is 0 Å². The molecule has 0 aliphatic carbocycles. The van der Waals surface area contributed by atoms with Crippen LogP contribution in [-0.2, 0) is 0 Å². The summed E-state index contributed by atoms with van der Waals surface area (Å²) in [5.74, 6) is -0.0745. The number of carbonyl (C=O) groups excluding carboxylic acids is 1. The highest BCUT2D eigenvalue weighted by atomic mass is 35.5. The van der Waals surface area contributed by atoms with Crippen LogP contribution in [-0.4, -0.2) is 10.8 Å². The summed E-state index contributed by atoms with van der Waals surface area (Å²) in [4.78, 5) is 16.3. The lowest BCUT2D eigenvalue weighted by atomic mass is 9.92. The van der Waals surface area contributed by atoms with Gasteiger partial charge in [0.1, 0.15) is 0 Å². The van der Waals surface area contributed by atoms with Crippen LogP contribution in [0.15, 0.2) is 42.7 Å². The third-order valence-electron chi connectivity index (χ3n) is 3.04. The molecule has 3 heteroatoms. The van der Waals surface area contributed by atoms with Crippen LogP contribution in [0.3, 0.4) is 0 Å². The molecule has 0 spiro atoms. The van der Waals surface area contributed by atoms with Crippen molar-refractivity contribution in [3.63, 3.8) is 0 Å². The fraction of sp³-hybridized carbons (Fsp3) is 0.200. The molecule has 92 valence electrons. The molecule has 0 aliphatic heterocycles. The Morgan fingerprint density at radius 1 is 1.22 bits per heavy atom. The highest BCUT2D eigenvalue weighted by Crippen LogP contribution is 2.23. The zero-order chi connectivity index (χ0) is 13.1. The van der Waals surface area contributed by atoms with Crippen molar-refractivity contribution in [1.82, 2.24) is 4.98 Å². The van der Waals surface area contributed by atoms with Crippen molar-refractivity contribution in [2.24, 2.45) is 0 Å². The first-order chi connectivity index (χ1) is 8.59. The SMILES string of the molecule is Cc1cc(C(=O)C(C)c2ccncc2)ccc1Cl. The molecule has 1 atom stereocenters. The highest BCUT2D eigenvalue weighted by molar-refractivity contribution is 6.31. The third-order valence-corrected chi connectivity index (χ3v) is 3.47. The molecule has 2 nitrogen and oxygen atoms in total. The summed E-state index contributed by atoms with van der Waals surface area (Å²) in [7, 11) is 0. The van der Waals surface area contributed by atoms with Crippen LogP contribution >= 0.6 is 11.6 Å². The maximum atomic E-state index is 12.3. The molecule has 1 aromatic carbocycles. The number of hydrogen-bond acceptors (Lipinski definition) is 2. The molecule has 2 aromatic rings. The summed E-state index contributed by atoms with van der Waals surface area (Å²) in [6.07, 6.45) is 3.40. The quantitative estimate of drug-likeness (QED) is 0.779. The number of ketones is 1. The van der Waals surface area contributed by atoms with E-state index in [0.717, 1.165) is 11.1 Å². The smallest absolute Gasteiger partial charge is 0.170 e. The van der Waals surface area contributed by atoms with Crippen molar-refractivity contribution < 1.29 is 4.79 Å². The molecule has 0 bridgehead atoms. The van der Waals surface area contributed by atoms with Gasteiger partial charge in [0.15, 0.2) is 5.78 Å². The van der Waals surface area contributed by atoms with E-state index in [1.165, 1.54) is 0 Å². The predicted molar refractivity (Wildman–Crippen MR) is 73.2 cm³/mol. The van der Waals surface area contributed by atoms with E-state index >= 15 is 0 Å². The summed E-state index contributed by atoms with van der Waals surface area (Å²) in [5.41, 5.74) is 2.59. The molecule has 0 aliphatic rings. The number of aryl methyl sites for hydroxylation is 1. The van der Waals surface area contributed by atoms with E-state index in [-0.39, 0.29) is 11.7 Å². The lowest BCUT2D eigenvalue weighted by Crippen LogP contribution is -2.09. The summed E-state index contributed by atoms with van der Waals surface area (Å²) in [6, 6.07) is 9.11. The van der Waals surface area contributed by atoms with Gasteiger partial charge in [-0.25, -0.2) is 0 Å². The van der Waals surface area contributed by atoms with Crippen LogP contribution in [0.1, 0.15) is 34.3 Å². The van der Waals surface area contributed by atoms with Gasteiger partial charge in [0.05, 0.1) is 0 Å². The zero-order valence-electron chi connectivity index (χ0n) is 10.4. The second kappa shape index (κ2) is 5.32. The number of pyridine rings is 1. The van der Waals surface area contributed by atoms with Gasteiger partial charge in [-0.05, 0) is 48.4 Å². The summed E-state index contributed by atoms with van der Waals surface area (Å²) < 4.78 is 0. The fourth-order valence-electron chi connectivity index (χ4n) is 1.85. The molecular weight excluding hydrogens is 246 g/mol. The van der Waals surface area contributed by atoms with Gasteiger partial charge in [0.2, 0.25) is 0 Å². The Balaban J connectivity index is 2.29. The van der Waals surface area contributed by atoms with Crippen molar-refractivity contribution in [3.05, 3.63) is 64.4 Å². The Kier molecular flexibility index (Phi) is 3.78. The number of Topliss-reactive ketones (excluding diaryl/α,β-unsaturated/α-hetero) is 1. The molecule has 0 saturated heterocycles. The number of halogens is 1. The molecule has 0 N–H and O–H groups in total. The van der Waals surface area contributed by atoms with Crippen molar-refractivity contribution in [2.75, 3.05) is 0 Å². The van der Waals surface area contributed by atoms with Gasteiger partial charge < -0.3 is 0 Å². The first kappa shape index (κ1) is 12.8. The molecule has 0 amide bonds. The standard InChI is InChI=1S/C15H14ClNO/c1-10-9-13(3-4-14(10)16)15(18)11(2)12-5-7-17-8-6-12/h3-9,11H,1-2H3. The van der Waals surface area contributed by atoms with Gasteiger partial charge in [-0.15, -0.1) is 0 Å². The minimum Gasteiger partial charge on any atom is -0.294 e. The normalized spacial score (nSPS) is 12.2. The van der Waals surface area contributed by atoms with Crippen LogP contribution in [0.25, 0.3) is 0 Å². The van der Waals surface area contributed by atoms with E-state index in [4.69, 9.17) is 11.6 Å². The lowest BCUT2D eigenvalue weighted by Gasteiger charge is -2.11. The van der Waals surface area contributed by atoms with Crippen LogP contribution in [0.2, 0.25) is 5.02 Å². The van der Waals surface area contributed by atoms with E-state index in [9.17, 15) is 4.79 Å². The number of carbonyl (C=O) groups is 1. The monoisotopic (exact) mass is 259 g/mol. The molecule has 2 rings (SSSR count). The predicted octanol–water partition coefficient (Wildman–Crippen LogP) is 4.03. The number of aromatic nitrogens is 1. The topological polar surface area (TPSA) is 30.0 Å². The summed E-state index contributed by atoms with van der Waals surface area (Å²) in [6.45, 7) is 3.80. The van der Waals surface area contributed by atoms with Gasteiger partial charge in [0.25, 0.3) is 0 Å². The number of hydrogen-bond donors (Lipinski definition) is 0. The minimum absolute atomic E-state index is 0.0981. The number of nitrogens with zero attached hydrogens (tertiary/aromatic N) is 1. The zero-order valence-corrected chi connectivity index (χ0v) is 11.1. The first-order valence-corrected chi connectivity index (χ1v) is 6.17.